The first-order valence-electron chi connectivity index (χ1n) is 10.1. The van der Waals surface area contributed by atoms with Gasteiger partial charge in [0, 0.05) is 30.0 Å². The molecule has 1 aliphatic rings. The van der Waals surface area contributed by atoms with E-state index in [4.69, 9.17) is 4.42 Å². The van der Waals surface area contributed by atoms with Crippen molar-refractivity contribution in [2.75, 3.05) is 13.1 Å². The van der Waals surface area contributed by atoms with Gasteiger partial charge in [0.1, 0.15) is 18.1 Å². The molecule has 8 nitrogen and oxygen atoms in total. The number of hydrogen-bond donors (Lipinski definition) is 1. The van der Waals surface area contributed by atoms with Gasteiger partial charge in [0.05, 0.1) is 12.2 Å². The fourth-order valence-corrected chi connectivity index (χ4v) is 3.69. The number of amides is 2. The van der Waals surface area contributed by atoms with Crippen LogP contribution in [0.3, 0.4) is 0 Å². The number of benzene rings is 2. The van der Waals surface area contributed by atoms with Crippen LogP contribution < -0.4 is 10.5 Å². The van der Waals surface area contributed by atoms with Gasteiger partial charge in [-0.2, -0.15) is 5.10 Å². The Balaban J connectivity index is 1.33. The van der Waals surface area contributed by atoms with E-state index in [0.717, 1.165) is 5.56 Å². The monoisotopic (exact) mass is 430 g/mol. The van der Waals surface area contributed by atoms with E-state index < -0.39 is 11.9 Å². The van der Waals surface area contributed by atoms with Crippen molar-refractivity contribution >= 4 is 24.0 Å². The fraction of sp³-hybridized carbons (Fsp3) is 0.167. The third-order valence-electron chi connectivity index (χ3n) is 5.24. The molecule has 4 rings (SSSR count). The van der Waals surface area contributed by atoms with Gasteiger partial charge < -0.3 is 19.2 Å². The van der Waals surface area contributed by atoms with E-state index in [-0.39, 0.29) is 23.9 Å². The molecule has 2 heterocycles. The molecule has 0 spiro atoms. The van der Waals surface area contributed by atoms with Gasteiger partial charge >= 0.3 is 0 Å². The summed E-state index contributed by atoms with van der Waals surface area (Å²) in [6, 6.07) is 19.3. The van der Waals surface area contributed by atoms with Crippen molar-refractivity contribution in [2.24, 2.45) is 5.10 Å². The molecule has 0 aliphatic carbocycles. The average Bonchev–Trinajstić information content (AvgIpc) is 3.41. The van der Waals surface area contributed by atoms with Gasteiger partial charge in [-0.25, -0.2) is 5.43 Å². The molecule has 2 amide bonds. The second-order valence-corrected chi connectivity index (χ2v) is 7.41. The number of carboxylic acid groups (broad SMARTS) is 1. The van der Waals surface area contributed by atoms with E-state index >= 15 is 0 Å². The van der Waals surface area contributed by atoms with Crippen LogP contribution in [0.25, 0.3) is 11.3 Å². The molecular weight excluding hydrogens is 410 g/mol. The molecule has 1 N–H and O–H groups in total. The zero-order valence-electron chi connectivity index (χ0n) is 17.1. The second kappa shape index (κ2) is 9.30. The molecule has 0 radical (unpaired) electrons. The Bertz CT molecular complexity index is 1170. The molecule has 1 atom stereocenters. The number of aromatic carboxylic acids is 1. The number of hydrazone groups is 1. The smallest absolute Gasteiger partial charge is 0.259 e. The van der Waals surface area contributed by atoms with Crippen molar-refractivity contribution in [2.45, 2.75) is 12.3 Å². The quantitative estimate of drug-likeness (QED) is 0.453. The highest BCUT2D eigenvalue weighted by Crippen LogP contribution is 2.28. The lowest BCUT2D eigenvalue weighted by atomic mass is 9.99. The zero-order chi connectivity index (χ0) is 22.5. The number of likely N-dealkylation sites (tertiary alicyclic amines) is 1. The Morgan fingerprint density at radius 1 is 1.09 bits per heavy atom. The van der Waals surface area contributed by atoms with Crippen molar-refractivity contribution in [1.29, 1.82) is 0 Å². The van der Waals surface area contributed by atoms with Crippen molar-refractivity contribution in [1.82, 2.24) is 10.3 Å². The molecule has 3 aromatic rings. The number of carbonyl (C=O) groups is 3. The van der Waals surface area contributed by atoms with Crippen LogP contribution in [-0.4, -0.2) is 42.0 Å². The lowest BCUT2D eigenvalue weighted by Gasteiger charge is -2.15. The summed E-state index contributed by atoms with van der Waals surface area (Å²) in [5, 5.41) is 15.1. The number of furan rings is 1. The fourth-order valence-electron chi connectivity index (χ4n) is 3.69. The highest BCUT2D eigenvalue weighted by atomic mass is 16.4. The third-order valence-corrected chi connectivity index (χ3v) is 5.24. The minimum absolute atomic E-state index is 0.0164. The van der Waals surface area contributed by atoms with E-state index in [1.807, 2.05) is 30.3 Å². The summed E-state index contributed by atoms with van der Waals surface area (Å²) in [7, 11) is 0. The van der Waals surface area contributed by atoms with Crippen LogP contribution in [0.15, 0.2) is 76.2 Å². The Morgan fingerprint density at radius 2 is 1.84 bits per heavy atom. The van der Waals surface area contributed by atoms with Gasteiger partial charge in [-0.05, 0) is 17.7 Å². The topological polar surface area (TPSA) is 115 Å². The Morgan fingerprint density at radius 3 is 2.62 bits per heavy atom. The molecular formula is C24H20N3O5-. The summed E-state index contributed by atoms with van der Waals surface area (Å²) >= 11 is 0. The van der Waals surface area contributed by atoms with Crippen molar-refractivity contribution in [3.8, 4) is 11.3 Å². The number of nitrogens with zero attached hydrogens (tertiary/aromatic N) is 2. The van der Waals surface area contributed by atoms with E-state index in [9.17, 15) is 19.5 Å². The minimum atomic E-state index is -1.30. The van der Waals surface area contributed by atoms with Crippen molar-refractivity contribution in [3.05, 3.63) is 83.6 Å². The van der Waals surface area contributed by atoms with Gasteiger partial charge in [0.2, 0.25) is 5.91 Å². The van der Waals surface area contributed by atoms with Crippen molar-refractivity contribution in [3.63, 3.8) is 0 Å². The molecule has 0 bridgehead atoms. The number of nitrogens with one attached hydrogen (secondary N) is 1. The Labute approximate surface area is 184 Å². The van der Waals surface area contributed by atoms with Crippen LogP contribution in [0.2, 0.25) is 0 Å². The second-order valence-electron chi connectivity index (χ2n) is 7.41. The molecule has 162 valence electrons. The summed E-state index contributed by atoms with van der Waals surface area (Å²) in [5.41, 5.74) is 3.87. The number of hydrogen-bond acceptors (Lipinski definition) is 6. The van der Waals surface area contributed by atoms with Crippen LogP contribution >= 0.6 is 0 Å². The van der Waals surface area contributed by atoms with Crippen LogP contribution in [0.5, 0.6) is 0 Å². The van der Waals surface area contributed by atoms with Gasteiger partial charge in [-0.1, -0.05) is 54.6 Å². The number of rotatable bonds is 7. The largest absolute Gasteiger partial charge is 0.545 e. The van der Waals surface area contributed by atoms with Gasteiger partial charge in [-0.3, -0.25) is 9.59 Å². The molecule has 1 aliphatic heterocycles. The van der Waals surface area contributed by atoms with Gasteiger partial charge in [-0.15, -0.1) is 0 Å². The third kappa shape index (κ3) is 4.75. The summed E-state index contributed by atoms with van der Waals surface area (Å²) in [6.07, 6.45) is 1.69. The van der Waals surface area contributed by atoms with Crippen LogP contribution in [0, 0.1) is 0 Å². The molecule has 1 fully saturated rings. The first-order chi connectivity index (χ1) is 15.5. The van der Waals surface area contributed by atoms with E-state index in [1.54, 1.807) is 30.3 Å². The molecule has 32 heavy (non-hydrogen) atoms. The summed E-state index contributed by atoms with van der Waals surface area (Å²) < 4.78 is 5.60. The Hall–Kier alpha value is -4.20. The van der Waals surface area contributed by atoms with E-state index in [0.29, 0.717) is 30.0 Å². The number of carbonyl (C=O) groups excluding carboxylic acids is 3. The predicted molar refractivity (Wildman–Crippen MR) is 115 cm³/mol. The summed E-state index contributed by atoms with van der Waals surface area (Å²) in [4.78, 5) is 37.2. The molecule has 2 aromatic carbocycles. The van der Waals surface area contributed by atoms with E-state index in [2.05, 4.69) is 10.5 Å². The summed E-state index contributed by atoms with van der Waals surface area (Å²) in [5.74, 6) is -1.05. The normalized spacial score (nSPS) is 15.9. The minimum Gasteiger partial charge on any atom is -0.545 e. The van der Waals surface area contributed by atoms with Crippen LogP contribution in [0.4, 0.5) is 0 Å². The zero-order valence-corrected chi connectivity index (χ0v) is 17.1. The highest BCUT2D eigenvalue weighted by molar-refractivity contribution is 5.94. The molecule has 0 unspecified atom stereocenters. The van der Waals surface area contributed by atoms with Crippen LogP contribution in [-0.2, 0) is 9.59 Å². The highest BCUT2D eigenvalue weighted by Gasteiger charge is 2.31. The maximum absolute atomic E-state index is 12.2. The first kappa shape index (κ1) is 21.0. The van der Waals surface area contributed by atoms with Gasteiger partial charge in [0.15, 0.2) is 0 Å². The summed E-state index contributed by atoms with van der Waals surface area (Å²) in [6.45, 7) is 0.404. The van der Waals surface area contributed by atoms with Gasteiger partial charge in [0.25, 0.3) is 5.91 Å². The molecule has 1 aromatic heterocycles. The van der Waals surface area contributed by atoms with Crippen LogP contribution in [0.1, 0.15) is 34.0 Å². The lowest BCUT2D eigenvalue weighted by Crippen LogP contribution is -2.36. The van der Waals surface area contributed by atoms with E-state index in [1.165, 1.54) is 17.2 Å². The Kier molecular flexibility index (Phi) is 6.12. The molecule has 1 saturated heterocycles. The molecule has 8 heteroatoms. The standard InChI is InChI=1S/C24H21N3O5/c28-22(15-27-14-17(12-23(27)29)16-6-2-1-3-7-16)26-25-13-18-10-11-21(32-18)19-8-4-5-9-20(19)24(30)31/h1-11,13,17H,12,14-15H2,(H,26,28)(H,30,31)/p-1/b25-13-/t17-/m0/s1. The molecule has 0 saturated carbocycles. The maximum Gasteiger partial charge on any atom is 0.259 e. The SMILES string of the molecule is O=C(CN1C[C@@H](c2ccccc2)CC1=O)N/N=C\c1ccc(-c2ccccc2C(=O)[O-])o1. The average molecular weight is 430 g/mol. The van der Waals surface area contributed by atoms with Crippen molar-refractivity contribution < 1.29 is 23.9 Å². The predicted octanol–water partition coefficient (Wildman–Crippen LogP) is 1.78. The maximum atomic E-state index is 12.2. The number of carboxylic acids is 1. The first-order valence-corrected chi connectivity index (χ1v) is 10.1. The lowest BCUT2D eigenvalue weighted by molar-refractivity contribution is -0.255.